The van der Waals surface area contributed by atoms with Gasteiger partial charge in [0.1, 0.15) is 5.82 Å². The van der Waals surface area contributed by atoms with Crippen LogP contribution in [0.25, 0.3) is 21.8 Å². The van der Waals surface area contributed by atoms with Crippen LogP contribution in [0.4, 0.5) is 5.82 Å². The van der Waals surface area contributed by atoms with Crippen molar-refractivity contribution in [3.63, 3.8) is 0 Å². The van der Waals surface area contributed by atoms with Crippen LogP contribution in [-0.4, -0.2) is 9.97 Å². The summed E-state index contributed by atoms with van der Waals surface area (Å²) in [5.41, 5.74) is 7.45. The number of pyridine rings is 2. The monoisotopic (exact) mass is 387 g/mol. The van der Waals surface area contributed by atoms with E-state index in [-0.39, 0.29) is 19.8 Å². The number of hydrogen-bond acceptors (Lipinski definition) is 3. The van der Waals surface area contributed by atoms with E-state index < -0.39 is 0 Å². The van der Waals surface area contributed by atoms with Crippen molar-refractivity contribution in [2.45, 2.75) is 0 Å². The largest absolute Gasteiger partial charge is 0.384 e. The average Bonchev–Trinajstić information content (AvgIpc) is 2.29. The van der Waals surface area contributed by atoms with Gasteiger partial charge in [-0.15, -0.1) is 0 Å². The number of nitrogen functional groups attached to an aromatic ring is 1. The minimum absolute atomic E-state index is 0. The van der Waals surface area contributed by atoms with Crippen LogP contribution in [0.15, 0.2) is 42.6 Å². The van der Waals surface area contributed by atoms with Crippen molar-refractivity contribution < 1.29 is 19.8 Å². The zero-order valence-corrected chi connectivity index (χ0v) is 10.9. The van der Waals surface area contributed by atoms with Crippen molar-refractivity contribution in [3.05, 3.63) is 42.6 Å². The molecule has 2 heterocycles. The Hall–Kier alpha value is -1.52. The molecule has 2 N–H and O–H groups in total. The van der Waals surface area contributed by atoms with Crippen LogP contribution >= 0.6 is 0 Å². The number of fused-ring (bicyclic) bond motifs is 3. The fraction of sp³-hybridized carbons (Fsp3) is 0. The number of anilines is 1. The van der Waals surface area contributed by atoms with Crippen molar-refractivity contribution in [1.29, 1.82) is 0 Å². The van der Waals surface area contributed by atoms with Crippen LogP contribution in [0.2, 0.25) is 0 Å². The number of nitrogens with zero attached hydrogens (tertiary/aromatic N) is 2. The van der Waals surface area contributed by atoms with Gasteiger partial charge in [-0.25, -0.2) is 4.98 Å². The molecule has 0 atom stereocenters. The second-order valence-corrected chi connectivity index (χ2v) is 3.45. The fourth-order valence-electron chi connectivity index (χ4n) is 1.74. The summed E-state index contributed by atoms with van der Waals surface area (Å²) in [6.45, 7) is 0. The zero-order chi connectivity index (χ0) is 10.3. The molecule has 0 fully saturated rings. The van der Waals surface area contributed by atoms with Gasteiger partial charge in [-0.05, 0) is 18.2 Å². The Morgan fingerprint density at radius 2 is 1.56 bits per heavy atom. The Morgan fingerprint density at radius 1 is 0.875 bits per heavy atom. The second kappa shape index (κ2) is 4.15. The van der Waals surface area contributed by atoms with Crippen molar-refractivity contribution in [2.75, 3.05) is 5.73 Å². The molecule has 0 aliphatic heterocycles. The number of benzene rings is 1. The first kappa shape index (κ1) is 11.0. The van der Waals surface area contributed by atoms with E-state index in [1.165, 1.54) is 0 Å². The molecule has 3 rings (SSSR count). The summed E-state index contributed by atoms with van der Waals surface area (Å²) >= 11 is 0. The molecular formula is C12H9N3Os. The molecule has 3 aromatic rings. The van der Waals surface area contributed by atoms with Gasteiger partial charge in [-0.2, -0.15) is 0 Å². The zero-order valence-electron chi connectivity index (χ0n) is 8.37. The summed E-state index contributed by atoms with van der Waals surface area (Å²) in [7, 11) is 0. The molecule has 16 heavy (non-hydrogen) atoms. The number of aromatic nitrogens is 2. The van der Waals surface area contributed by atoms with Gasteiger partial charge in [0.2, 0.25) is 0 Å². The minimum atomic E-state index is 0. The van der Waals surface area contributed by atoms with Gasteiger partial charge in [0, 0.05) is 36.8 Å². The van der Waals surface area contributed by atoms with Crippen molar-refractivity contribution in [3.8, 4) is 0 Å². The summed E-state index contributed by atoms with van der Waals surface area (Å²) in [5, 5.41) is 2.15. The van der Waals surface area contributed by atoms with Crippen LogP contribution in [-0.2, 0) is 19.8 Å². The number of rotatable bonds is 0. The predicted octanol–water partition coefficient (Wildman–Crippen LogP) is 2.36. The molecule has 0 saturated carbocycles. The van der Waals surface area contributed by atoms with Crippen LogP contribution in [0.5, 0.6) is 0 Å². The quantitative estimate of drug-likeness (QED) is 0.605. The molecule has 0 radical (unpaired) electrons. The minimum Gasteiger partial charge on any atom is -0.384 e. The van der Waals surface area contributed by atoms with Crippen LogP contribution < -0.4 is 5.73 Å². The van der Waals surface area contributed by atoms with E-state index in [1.54, 1.807) is 12.3 Å². The molecule has 4 heteroatoms. The van der Waals surface area contributed by atoms with E-state index in [9.17, 15) is 0 Å². The molecule has 0 unspecified atom stereocenters. The van der Waals surface area contributed by atoms with Gasteiger partial charge in [0.05, 0.1) is 11.0 Å². The average molecular weight is 385 g/mol. The van der Waals surface area contributed by atoms with E-state index >= 15 is 0 Å². The third-order valence-electron chi connectivity index (χ3n) is 2.45. The van der Waals surface area contributed by atoms with E-state index in [1.807, 2.05) is 30.3 Å². The Kier molecular flexibility index (Phi) is 2.85. The molecule has 0 bridgehead atoms. The van der Waals surface area contributed by atoms with Gasteiger partial charge < -0.3 is 5.73 Å². The number of nitrogens with two attached hydrogens (primary N) is 1. The topological polar surface area (TPSA) is 51.8 Å². The summed E-state index contributed by atoms with van der Waals surface area (Å²) in [6.07, 6.45) is 1.77. The summed E-state index contributed by atoms with van der Waals surface area (Å²) in [5.74, 6) is 0.528. The van der Waals surface area contributed by atoms with Gasteiger partial charge in [-0.3, -0.25) is 4.98 Å². The van der Waals surface area contributed by atoms with Gasteiger partial charge in [-0.1, -0.05) is 18.2 Å². The van der Waals surface area contributed by atoms with E-state index in [2.05, 4.69) is 9.97 Å². The van der Waals surface area contributed by atoms with Crippen molar-refractivity contribution in [1.82, 2.24) is 9.97 Å². The first-order chi connectivity index (χ1) is 7.34. The first-order valence-electron chi connectivity index (χ1n) is 4.74. The van der Waals surface area contributed by atoms with Crippen LogP contribution in [0.3, 0.4) is 0 Å². The maximum Gasteiger partial charge on any atom is 0.124 e. The second-order valence-electron chi connectivity index (χ2n) is 3.45. The van der Waals surface area contributed by atoms with Gasteiger partial charge in [0.15, 0.2) is 0 Å². The molecule has 3 nitrogen and oxygen atoms in total. The molecule has 0 amide bonds. The molecule has 0 saturated heterocycles. The fourth-order valence-corrected chi connectivity index (χ4v) is 1.74. The Balaban J connectivity index is 0.000000963. The smallest absolute Gasteiger partial charge is 0.124 e. The molecule has 2 aromatic heterocycles. The molecule has 1 aromatic carbocycles. The molecular weight excluding hydrogens is 376 g/mol. The summed E-state index contributed by atoms with van der Waals surface area (Å²) in [6, 6.07) is 11.8. The van der Waals surface area contributed by atoms with Crippen LogP contribution in [0, 0.1) is 0 Å². The van der Waals surface area contributed by atoms with E-state index in [0.717, 1.165) is 21.8 Å². The van der Waals surface area contributed by atoms with E-state index in [0.29, 0.717) is 5.82 Å². The SMILES string of the molecule is Nc1ccc2ccc3cccnc3c2n1.[Os]. The Labute approximate surface area is 106 Å². The molecule has 0 spiro atoms. The Bertz CT molecular complexity index is 652. The maximum atomic E-state index is 5.68. The predicted molar refractivity (Wildman–Crippen MR) is 61.5 cm³/mol. The van der Waals surface area contributed by atoms with E-state index in [4.69, 9.17) is 5.73 Å². The van der Waals surface area contributed by atoms with Crippen LogP contribution in [0.1, 0.15) is 0 Å². The normalized spacial score (nSPS) is 10.2. The Morgan fingerprint density at radius 3 is 2.38 bits per heavy atom. The standard InChI is InChI=1S/C12H9N3.Os/c13-10-6-5-9-4-3-8-2-1-7-14-11(8)12(9)15-10;/h1-7H,(H2,13,15);. The van der Waals surface area contributed by atoms with Gasteiger partial charge in [0.25, 0.3) is 0 Å². The van der Waals surface area contributed by atoms with Gasteiger partial charge >= 0.3 is 0 Å². The molecule has 0 aliphatic carbocycles. The molecule has 0 aliphatic rings. The number of hydrogen-bond donors (Lipinski definition) is 1. The third kappa shape index (κ3) is 1.66. The van der Waals surface area contributed by atoms with Crippen molar-refractivity contribution in [2.24, 2.45) is 0 Å². The summed E-state index contributed by atoms with van der Waals surface area (Å²) in [4.78, 5) is 8.65. The first-order valence-corrected chi connectivity index (χ1v) is 4.74. The maximum absolute atomic E-state index is 5.68. The summed E-state index contributed by atoms with van der Waals surface area (Å²) < 4.78 is 0. The molecule has 80 valence electrons. The third-order valence-corrected chi connectivity index (χ3v) is 2.45. The van der Waals surface area contributed by atoms with Crippen molar-refractivity contribution >= 4 is 27.6 Å².